The van der Waals surface area contributed by atoms with E-state index in [2.05, 4.69) is 5.10 Å². The Morgan fingerprint density at radius 1 is 1.29 bits per heavy atom. The van der Waals surface area contributed by atoms with Crippen molar-refractivity contribution in [2.75, 3.05) is 0 Å². The number of phenols is 1. The van der Waals surface area contributed by atoms with E-state index in [9.17, 15) is 9.90 Å². The number of hydrogen-bond acceptors (Lipinski definition) is 3. The molecule has 1 heterocycles. The number of hydrogen-bond donors (Lipinski definition) is 1. The number of phenolic OH excluding ortho intramolecular Hbond substituents is 1. The van der Waals surface area contributed by atoms with Crippen molar-refractivity contribution in [3.8, 4) is 5.75 Å². The highest BCUT2D eigenvalue weighted by Gasteiger charge is 2.18. The maximum Gasteiger partial charge on any atom is 0.186 e. The Balaban J connectivity index is 1.77. The SMILES string of the molecule is O=C(C=Cc1ccnn1C1CCCC1)c1cccc(O)c1. The van der Waals surface area contributed by atoms with Crippen LogP contribution in [0, 0.1) is 0 Å². The van der Waals surface area contributed by atoms with E-state index in [1.165, 1.54) is 25.0 Å². The summed E-state index contributed by atoms with van der Waals surface area (Å²) in [5, 5.41) is 13.8. The fourth-order valence-electron chi connectivity index (χ4n) is 2.83. The van der Waals surface area contributed by atoms with Crippen molar-refractivity contribution in [1.29, 1.82) is 0 Å². The molecule has 2 aromatic rings. The van der Waals surface area contributed by atoms with Crippen LogP contribution in [0.3, 0.4) is 0 Å². The van der Waals surface area contributed by atoms with Gasteiger partial charge < -0.3 is 5.11 Å². The molecule has 0 aliphatic heterocycles. The molecule has 1 saturated carbocycles. The summed E-state index contributed by atoms with van der Waals surface area (Å²) in [5.74, 6) is -0.0182. The highest BCUT2D eigenvalue weighted by Crippen LogP contribution is 2.30. The molecule has 21 heavy (non-hydrogen) atoms. The fraction of sp³-hybridized carbons (Fsp3) is 0.294. The van der Waals surface area contributed by atoms with Crippen LogP contribution in [0.4, 0.5) is 0 Å². The fourth-order valence-corrected chi connectivity index (χ4v) is 2.83. The number of ketones is 1. The third-order valence-corrected chi connectivity index (χ3v) is 3.91. The molecule has 1 aromatic heterocycles. The highest BCUT2D eigenvalue weighted by molar-refractivity contribution is 6.06. The third kappa shape index (κ3) is 3.05. The van der Waals surface area contributed by atoms with Crippen LogP contribution in [0.2, 0.25) is 0 Å². The van der Waals surface area contributed by atoms with Crippen LogP contribution in [0.1, 0.15) is 47.8 Å². The van der Waals surface area contributed by atoms with Crippen molar-refractivity contribution in [3.05, 3.63) is 53.9 Å². The number of allylic oxidation sites excluding steroid dienone is 1. The van der Waals surface area contributed by atoms with Gasteiger partial charge in [0.05, 0.1) is 11.7 Å². The molecule has 0 bridgehead atoms. The average Bonchev–Trinajstić information content (AvgIpc) is 3.15. The van der Waals surface area contributed by atoms with Crippen LogP contribution in [0.25, 0.3) is 6.08 Å². The number of rotatable bonds is 4. The summed E-state index contributed by atoms with van der Waals surface area (Å²) < 4.78 is 2.01. The molecule has 0 spiro atoms. The van der Waals surface area contributed by atoms with E-state index in [1.807, 2.05) is 10.7 Å². The lowest BCUT2D eigenvalue weighted by Gasteiger charge is -2.11. The second kappa shape index (κ2) is 5.95. The number of aromatic nitrogens is 2. The minimum absolute atomic E-state index is 0.102. The van der Waals surface area contributed by atoms with Crippen molar-refractivity contribution in [3.63, 3.8) is 0 Å². The summed E-state index contributed by atoms with van der Waals surface area (Å²) in [6, 6.07) is 8.76. The van der Waals surface area contributed by atoms with Gasteiger partial charge in [-0.15, -0.1) is 0 Å². The number of benzene rings is 1. The smallest absolute Gasteiger partial charge is 0.186 e. The lowest BCUT2D eigenvalue weighted by molar-refractivity contribution is 0.104. The van der Waals surface area contributed by atoms with Gasteiger partial charge in [0.15, 0.2) is 5.78 Å². The Morgan fingerprint density at radius 2 is 2.10 bits per heavy atom. The van der Waals surface area contributed by atoms with Crippen molar-refractivity contribution in [2.24, 2.45) is 0 Å². The molecule has 1 aliphatic rings. The molecule has 0 saturated heterocycles. The molecule has 4 nitrogen and oxygen atoms in total. The molecular formula is C17H18N2O2. The van der Waals surface area contributed by atoms with Crippen LogP contribution in [0.5, 0.6) is 5.75 Å². The van der Waals surface area contributed by atoms with Gasteiger partial charge in [-0.2, -0.15) is 5.10 Å². The largest absolute Gasteiger partial charge is 0.508 e. The van der Waals surface area contributed by atoms with Crippen molar-refractivity contribution < 1.29 is 9.90 Å². The molecule has 1 aromatic carbocycles. The van der Waals surface area contributed by atoms with E-state index in [-0.39, 0.29) is 11.5 Å². The summed E-state index contributed by atoms with van der Waals surface area (Å²) in [6.07, 6.45) is 9.92. The Morgan fingerprint density at radius 3 is 2.86 bits per heavy atom. The summed E-state index contributed by atoms with van der Waals surface area (Å²) >= 11 is 0. The van der Waals surface area contributed by atoms with Gasteiger partial charge in [-0.1, -0.05) is 25.0 Å². The summed E-state index contributed by atoms with van der Waals surface area (Å²) in [5.41, 5.74) is 1.44. The molecule has 108 valence electrons. The highest BCUT2D eigenvalue weighted by atomic mass is 16.3. The van der Waals surface area contributed by atoms with Gasteiger partial charge in [-0.25, -0.2) is 0 Å². The van der Waals surface area contributed by atoms with Crippen molar-refractivity contribution >= 4 is 11.9 Å². The first-order valence-corrected chi connectivity index (χ1v) is 7.29. The zero-order chi connectivity index (χ0) is 14.7. The van der Waals surface area contributed by atoms with Crippen LogP contribution < -0.4 is 0 Å². The van der Waals surface area contributed by atoms with E-state index in [0.717, 1.165) is 18.5 Å². The maximum absolute atomic E-state index is 12.1. The lowest BCUT2D eigenvalue weighted by atomic mass is 10.1. The summed E-state index contributed by atoms with van der Waals surface area (Å²) in [6.45, 7) is 0. The second-order valence-electron chi connectivity index (χ2n) is 5.39. The summed E-state index contributed by atoms with van der Waals surface area (Å²) in [7, 11) is 0. The third-order valence-electron chi connectivity index (χ3n) is 3.91. The van der Waals surface area contributed by atoms with Crippen LogP contribution >= 0.6 is 0 Å². The quantitative estimate of drug-likeness (QED) is 0.688. The predicted molar refractivity (Wildman–Crippen MR) is 81.2 cm³/mol. The zero-order valence-corrected chi connectivity index (χ0v) is 11.8. The van der Waals surface area contributed by atoms with Gasteiger partial charge in [-0.3, -0.25) is 9.48 Å². The Bertz CT molecular complexity index is 667. The molecule has 1 aliphatic carbocycles. The zero-order valence-electron chi connectivity index (χ0n) is 11.8. The van der Waals surface area contributed by atoms with Gasteiger partial charge in [0, 0.05) is 11.8 Å². The monoisotopic (exact) mass is 282 g/mol. The molecule has 4 heteroatoms. The lowest BCUT2D eigenvalue weighted by Crippen LogP contribution is -2.08. The standard InChI is InChI=1S/C17H18N2O2/c20-16-7-3-4-13(12-16)17(21)9-8-15-10-11-18-19(15)14-5-1-2-6-14/h3-4,7-12,14,20H,1-2,5-6H2. The van der Waals surface area contributed by atoms with Gasteiger partial charge in [-0.05, 0) is 43.2 Å². The number of carbonyl (C=O) groups is 1. The van der Waals surface area contributed by atoms with E-state index < -0.39 is 0 Å². The number of aromatic hydroxyl groups is 1. The van der Waals surface area contributed by atoms with Gasteiger partial charge in [0.25, 0.3) is 0 Å². The topological polar surface area (TPSA) is 55.1 Å². The van der Waals surface area contributed by atoms with Gasteiger partial charge in [0.1, 0.15) is 5.75 Å². The minimum Gasteiger partial charge on any atom is -0.508 e. The predicted octanol–water partition coefficient (Wildman–Crippen LogP) is 3.60. The maximum atomic E-state index is 12.1. The van der Waals surface area contributed by atoms with E-state index in [0.29, 0.717) is 11.6 Å². The molecule has 3 rings (SSSR count). The van der Waals surface area contributed by atoms with Gasteiger partial charge >= 0.3 is 0 Å². The van der Waals surface area contributed by atoms with E-state index in [1.54, 1.807) is 30.5 Å². The van der Waals surface area contributed by atoms with Gasteiger partial charge in [0.2, 0.25) is 0 Å². The molecular weight excluding hydrogens is 264 g/mol. The normalized spacial score (nSPS) is 15.8. The van der Waals surface area contributed by atoms with E-state index in [4.69, 9.17) is 0 Å². The van der Waals surface area contributed by atoms with Crippen molar-refractivity contribution in [1.82, 2.24) is 9.78 Å². The molecule has 0 atom stereocenters. The molecule has 0 unspecified atom stereocenters. The van der Waals surface area contributed by atoms with E-state index >= 15 is 0 Å². The average molecular weight is 282 g/mol. The summed E-state index contributed by atoms with van der Waals surface area (Å²) in [4.78, 5) is 12.1. The second-order valence-corrected chi connectivity index (χ2v) is 5.39. The first-order chi connectivity index (χ1) is 10.2. The Hall–Kier alpha value is -2.36. The van der Waals surface area contributed by atoms with Crippen LogP contribution in [-0.4, -0.2) is 20.7 Å². The first-order valence-electron chi connectivity index (χ1n) is 7.29. The van der Waals surface area contributed by atoms with Crippen LogP contribution in [0.15, 0.2) is 42.6 Å². The molecule has 1 N–H and O–H groups in total. The number of nitrogens with zero attached hydrogens (tertiary/aromatic N) is 2. The molecule has 0 amide bonds. The van der Waals surface area contributed by atoms with Crippen molar-refractivity contribution in [2.45, 2.75) is 31.7 Å². The molecule has 0 radical (unpaired) electrons. The Kier molecular flexibility index (Phi) is 3.86. The van der Waals surface area contributed by atoms with Crippen LogP contribution in [-0.2, 0) is 0 Å². The Labute approximate surface area is 123 Å². The number of carbonyl (C=O) groups excluding carboxylic acids is 1. The molecule has 1 fully saturated rings. The minimum atomic E-state index is -0.120. The first kappa shape index (κ1) is 13.6.